The first-order chi connectivity index (χ1) is 9.92. The number of methoxy groups -OCH3 is 1. The summed E-state index contributed by atoms with van der Waals surface area (Å²) in [6.07, 6.45) is 1.85. The molecule has 0 spiro atoms. The van der Waals surface area contributed by atoms with Gasteiger partial charge in [0.25, 0.3) is 0 Å². The highest BCUT2D eigenvalue weighted by Gasteiger charge is 2.20. The summed E-state index contributed by atoms with van der Waals surface area (Å²) in [6.45, 7) is 4.70. The van der Waals surface area contributed by atoms with Crippen LogP contribution < -0.4 is 5.32 Å². The minimum atomic E-state index is -0.881. The Balaban J connectivity index is 4.20. The Morgan fingerprint density at radius 1 is 1.24 bits per heavy atom. The van der Waals surface area contributed by atoms with Crippen molar-refractivity contribution in [3.8, 4) is 0 Å². The molecule has 0 aliphatic heterocycles. The average molecular weight is 302 g/mol. The highest BCUT2D eigenvalue weighted by Crippen LogP contribution is 2.05. The van der Waals surface area contributed by atoms with Crippen LogP contribution >= 0.6 is 0 Å². The van der Waals surface area contributed by atoms with Crippen LogP contribution in [0.1, 0.15) is 46.0 Å². The van der Waals surface area contributed by atoms with Gasteiger partial charge in [-0.3, -0.25) is 14.9 Å². The van der Waals surface area contributed by atoms with Crippen LogP contribution in [-0.4, -0.2) is 54.2 Å². The fourth-order valence-corrected chi connectivity index (χ4v) is 1.75. The summed E-state index contributed by atoms with van der Waals surface area (Å²) >= 11 is 0. The van der Waals surface area contributed by atoms with Gasteiger partial charge in [-0.05, 0) is 26.2 Å². The van der Waals surface area contributed by atoms with Crippen LogP contribution in [-0.2, 0) is 14.3 Å². The van der Waals surface area contributed by atoms with Crippen LogP contribution in [0, 0.1) is 0 Å². The summed E-state index contributed by atoms with van der Waals surface area (Å²) in [6, 6.07) is -0.412. The fourth-order valence-electron chi connectivity index (χ4n) is 1.75. The van der Waals surface area contributed by atoms with Gasteiger partial charge >= 0.3 is 12.0 Å². The van der Waals surface area contributed by atoms with Crippen molar-refractivity contribution >= 4 is 17.9 Å². The third kappa shape index (κ3) is 9.01. The van der Waals surface area contributed by atoms with Gasteiger partial charge in [0.15, 0.2) is 0 Å². The Morgan fingerprint density at radius 2 is 1.86 bits per heavy atom. The van der Waals surface area contributed by atoms with E-state index >= 15 is 0 Å². The zero-order chi connectivity index (χ0) is 16.3. The molecule has 0 fully saturated rings. The molecule has 2 N–H and O–H groups in total. The number of carboxylic acid groups (broad SMARTS) is 1. The second-order valence-corrected chi connectivity index (χ2v) is 4.90. The van der Waals surface area contributed by atoms with E-state index in [-0.39, 0.29) is 24.8 Å². The number of imide groups is 1. The van der Waals surface area contributed by atoms with Crippen LogP contribution in [0.3, 0.4) is 0 Å². The van der Waals surface area contributed by atoms with E-state index in [1.165, 1.54) is 0 Å². The van der Waals surface area contributed by atoms with Crippen LogP contribution in [0.5, 0.6) is 0 Å². The molecule has 0 heterocycles. The second kappa shape index (κ2) is 11.1. The van der Waals surface area contributed by atoms with Gasteiger partial charge in [0.1, 0.15) is 0 Å². The van der Waals surface area contributed by atoms with Crippen molar-refractivity contribution in [1.29, 1.82) is 0 Å². The van der Waals surface area contributed by atoms with Gasteiger partial charge in [0.05, 0.1) is 6.61 Å². The van der Waals surface area contributed by atoms with Gasteiger partial charge in [-0.15, -0.1) is 0 Å². The minimum Gasteiger partial charge on any atom is -0.481 e. The zero-order valence-corrected chi connectivity index (χ0v) is 13.1. The lowest BCUT2D eigenvalue weighted by Crippen LogP contribution is -2.48. The van der Waals surface area contributed by atoms with E-state index in [1.807, 2.05) is 13.8 Å². The molecule has 0 saturated carbocycles. The first kappa shape index (κ1) is 19.4. The molecular weight excluding hydrogens is 276 g/mol. The molecule has 7 nitrogen and oxygen atoms in total. The summed E-state index contributed by atoms with van der Waals surface area (Å²) in [4.78, 5) is 35.6. The first-order valence-electron chi connectivity index (χ1n) is 7.23. The molecule has 122 valence electrons. The normalized spacial score (nSPS) is 11.8. The minimum absolute atomic E-state index is 0.0139. The Morgan fingerprint density at radius 3 is 2.38 bits per heavy atom. The van der Waals surface area contributed by atoms with Crippen molar-refractivity contribution in [1.82, 2.24) is 10.2 Å². The molecule has 3 amide bonds. The third-order valence-electron chi connectivity index (χ3n) is 3.21. The number of carbonyl (C=O) groups excluding carboxylic acids is 2. The SMILES string of the molecule is CCC(C)N(CCOC)C(=O)NC(=O)CCCCC(=O)O. The van der Waals surface area contributed by atoms with Crippen LogP contribution in [0.15, 0.2) is 0 Å². The number of carbonyl (C=O) groups is 3. The van der Waals surface area contributed by atoms with Crippen LogP contribution in [0.2, 0.25) is 0 Å². The molecule has 0 radical (unpaired) electrons. The maximum atomic E-state index is 12.0. The Hall–Kier alpha value is -1.63. The van der Waals surface area contributed by atoms with E-state index in [4.69, 9.17) is 9.84 Å². The Labute approximate surface area is 125 Å². The summed E-state index contributed by atoms with van der Waals surface area (Å²) < 4.78 is 4.96. The molecule has 0 aliphatic carbocycles. The lowest BCUT2D eigenvalue weighted by atomic mass is 10.2. The maximum Gasteiger partial charge on any atom is 0.324 e. The van der Waals surface area contributed by atoms with E-state index in [0.717, 1.165) is 6.42 Å². The smallest absolute Gasteiger partial charge is 0.324 e. The second-order valence-electron chi connectivity index (χ2n) is 4.90. The summed E-state index contributed by atoms with van der Waals surface area (Å²) in [5, 5.41) is 10.8. The van der Waals surface area contributed by atoms with Crippen molar-refractivity contribution in [3.63, 3.8) is 0 Å². The highest BCUT2D eigenvalue weighted by molar-refractivity contribution is 5.94. The maximum absolute atomic E-state index is 12.0. The van der Waals surface area contributed by atoms with Crippen molar-refractivity contribution in [2.75, 3.05) is 20.3 Å². The van der Waals surface area contributed by atoms with Gasteiger partial charge in [-0.2, -0.15) is 0 Å². The first-order valence-corrected chi connectivity index (χ1v) is 7.23. The van der Waals surface area contributed by atoms with Crippen LogP contribution in [0.25, 0.3) is 0 Å². The lowest BCUT2D eigenvalue weighted by molar-refractivity contribution is -0.137. The summed E-state index contributed by atoms with van der Waals surface area (Å²) in [7, 11) is 1.56. The van der Waals surface area contributed by atoms with Gasteiger partial charge in [0, 0.05) is 32.5 Å². The van der Waals surface area contributed by atoms with Crippen molar-refractivity contribution < 1.29 is 24.2 Å². The number of nitrogens with one attached hydrogen (secondary N) is 1. The predicted molar refractivity (Wildman–Crippen MR) is 78.0 cm³/mol. The molecule has 0 saturated heterocycles. The van der Waals surface area contributed by atoms with Crippen molar-refractivity contribution in [3.05, 3.63) is 0 Å². The Bertz CT molecular complexity index is 346. The molecule has 0 aromatic heterocycles. The predicted octanol–water partition coefficient (Wildman–Crippen LogP) is 1.61. The Kier molecular flexibility index (Phi) is 10.2. The third-order valence-corrected chi connectivity index (χ3v) is 3.21. The average Bonchev–Trinajstić information content (AvgIpc) is 2.43. The number of hydrogen-bond donors (Lipinski definition) is 2. The van der Waals surface area contributed by atoms with E-state index < -0.39 is 12.0 Å². The molecule has 1 unspecified atom stereocenters. The monoisotopic (exact) mass is 302 g/mol. The molecule has 0 rings (SSSR count). The number of amides is 3. The van der Waals surface area contributed by atoms with Gasteiger partial charge in [-0.1, -0.05) is 6.92 Å². The number of aliphatic carboxylic acids is 1. The quantitative estimate of drug-likeness (QED) is 0.598. The molecule has 21 heavy (non-hydrogen) atoms. The number of ether oxygens (including phenoxy) is 1. The van der Waals surface area contributed by atoms with Gasteiger partial charge in [0.2, 0.25) is 5.91 Å². The summed E-state index contributed by atoms with van der Waals surface area (Å²) in [5.41, 5.74) is 0. The number of unbranched alkanes of at least 4 members (excludes halogenated alkanes) is 1. The number of hydrogen-bond acceptors (Lipinski definition) is 4. The number of rotatable bonds is 10. The number of carboxylic acids is 1. The summed E-state index contributed by atoms with van der Waals surface area (Å²) in [5.74, 6) is -1.26. The molecule has 7 heteroatoms. The van der Waals surface area contributed by atoms with Gasteiger partial charge in [-0.25, -0.2) is 4.79 Å². The molecular formula is C14H26N2O5. The molecule has 0 aliphatic rings. The number of nitrogens with zero attached hydrogens (tertiary/aromatic N) is 1. The molecule has 0 aromatic rings. The highest BCUT2D eigenvalue weighted by atomic mass is 16.5. The molecule has 0 aromatic carbocycles. The van der Waals surface area contributed by atoms with E-state index in [1.54, 1.807) is 12.0 Å². The van der Waals surface area contributed by atoms with Crippen LogP contribution in [0.4, 0.5) is 4.79 Å². The van der Waals surface area contributed by atoms with E-state index in [0.29, 0.717) is 26.0 Å². The standard InChI is InChI=1S/C14H26N2O5/c1-4-11(2)16(9-10-21-3)14(20)15-12(17)7-5-6-8-13(18)19/h11H,4-10H2,1-3H3,(H,18,19)(H,15,17,20). The number of urea groups is 1. The van der Waals surface area contributed by atoms with Crippen molar-refractivity contribution in [2.45, 2.75) is 52.0 Å². The largest absolute Gasteiger partial charge is 0.481 e. The van der Waals surface area contributed by atoms with Crippen molar-refractivity contribution in [2.24, 2.45) is 0 Å². The fraction of sp³-hybridized carbons (Fsp3) is 0.786. The van der Waals surface area contributed by atoms with E-state index in [9.17, 15) is 14.4 Å². The molecule has 1 atom stereocenters. The lowest BCUT2D eigenvalue weighted by Gasteiger charge is -2.28. The van der Waals surface area contributed by atoms with E-state index in [2.05, 4.69) is 5.32 Å². The topological polar surface area (TPSA) is 95.9 Å². The van der Waals surface area contributed by atoms with Gasteiger partial charge < -0.3 is 14.7 Å². The molecule has 0 bridgehead atoms. The zero-order valence-electron chi connectivity index (χ0n) is 13.1.